The Balaban J connectivity index is 1.63. The molecule has 6 heteroatoms. The fourth-order valence-electron chi connectivity index (χ4n) is 2.99. The van der Waals surface area contributed by atoms with Gasteiger partial charge in [0.1, 0.15) is 5.82 Å². The first-order chi connectivity index (χ1) is 12.5. The van der Waals surface area contributed by atoms with Crippen LogP contribution in [0.3, 0.4) is 0 Å². The quantitative estimate of drug-likeness (QED) is 0.850. The largest absolute Gasteiger partial charge is 0.378 e. The molecule has 136 valence electrons. The Hall–Kier alpha value is -2.89. The fraction of sp³-hybridized carbons (Fsp3) is 0.300. The van der Waals surface area contributed by atoms with Gasteiger partial charge in [-0.15, -0.1) is 0 Å². The lowest BCUT2D eigenvalue weighted by molar-refractivity contribution is 0.0535. The van der Waals surface area contributed by atoms with Crippen LogP contribution in [0, 0.1) is 5.82 Å². The van der Waals surface area contributed by atoms with Crippen LogP contribution in [0.1, 0.15) is 20.7 Å². The summed E-state index contributed by atoms with van der Waals surface area (Å²) in [7, 11) is 3.87. The van der Waals surface area contributed by atoms with E-state index in [0.717, 1.165) is 5.69 Å². The highest BCUT2D eigenvalue weighted by Gasteiger charge is 2.25. The second-order valence-electron chi connectivity index (χ2n) is 6.54. The molecule has 0 saturated carbocycles. The van der Waals surface area contributed by atoms with Gasteiger partial charge in [0, 0.05) is 57.1 Å². The van der Waals surface area contributed by atoms with Gasteiger partial charge in [-0.25, -0.2) is 4.39 Å². The van der Waals surface area contributed by atoms with Crippen LogP contribution < -0.4 is 4.90 Å². The monoisotopic (exact) mass is 355 g/mol. The third kappa shape index (κ3) is 3.85. The van der Waals surface area contributed by atoms with Crippen molar-refractivity contribution in [2.75, 3.05) is 45.2 Å². The summed E-state index contributed by atoms with van der Waals surface area (Å²) in [5.74, 6) is -0.522. The predicted molar refractivity (Wildman–Crippen MR) is 99.0 cm³/mol. The van der Waals surface area contributed by atoms with Crippen molar-refractivity contribution in [3.05, 3.63) is 65.5 Å². The Morgan fingerprint density at radius 1 is 0.846 bits per heavy atom. The average molecular weight is 355 g/mol. The minimum atomic E-state index is -0.364. The van der Waals surface area contributed by atoms with Gasteiger partial charge < -0.3 is 14.7 Å². The molecular weight excluding hydrogens is 333 g/mol. The predicted octanol–water partition coefficient (Wildman–Crippen LogP) is 2.49. The van der Waals surface area contributed by atoms with Crippen LogP contribution in [0.25, 0.3) is 0 Å². The van der Waals surface area contributed by atoms with Gasteiger partial charge in [-0.3, -0.25) is 9.59 Å². The highest BCUT2D eigenvalue weighted by Crippen LogP contribution is 2.17. The Labute approximate surface area is 152 Å². The maximum absolute atomic E-state index is 13.0. The van der Waals surface area contributed by atoms with Crippen LogP contribution in [0.5, 0.6) is 0 Å². The number of halogens is 1. The first kappa shape index (κ1) is 17.9. The molecule has 0 aliphatic carbocycles. The van der Waals surface area contributed by atoms with E-state index in [9.17, 15) is 14.0 Å². The molecule has 2 aromatic rings. The van der Waals surface area contributed by atoms with Crippen LogP contribution >= 0.6 is 0 Å². The Bertz CT molecular complexity index is 797. The summed E-state index contributed by atoms with van der Waals surface area (Å²) in [5, 5.41) is 0. The lowest BCUT2D eigenvalue weighted by atomic mass is 10.1. The number of anilines is 1. The standard InChI is InChI=1S/C20H22FN3O2/c1-22(2)18-5-3-4-16(14-18)20(26)24-12-10-23(11-13-24)19(25)15-6-8-17(21)9-7-15/h3-9,14H,10-13H2,1-2H3. The number of carbonyl (C=O) groups excluding carboxylic acids is 2. The van der Waals surface area contributed by atoms with Gasteiger partial charge in [-0.05, 0) is 42.5 Å². The van der Waals surface area contributed by atoms with Gasteiger partial charge in [0.05, 0.1) is 0 Å². The molecule has 0 radical (unpaired) electrons. The minimum absolute atomic E-state index is 0.0254. The molecule has 1 aliphatic heterocycles. The van der Waals surface area contributed by atoms with E-state index in [1.807, 2.05) is 43.3 Å². The molecule has 1 saturated heterocycles. The first-order valence-corrected chi connectivity index (χ1v) is 8.57. The molecule has 1 aliphatic rings. The smallest absolute Gasteiger partial charge is 0.254 e. The number of nitrogens with zero attached hydrogens (tertiary/aromatic N) is 3. The van der Waals surface area contributed by atoms with Crippen LogP contribution in [-0.2, 0) is 0 Å². The Kier molecular flexibility index (Phi) is 5.21. The Morgan fingerprint density at radius 2 is 1.38 bits per heavy atom. The minimum Gasteiger partial charge on any atom is -0.378 e. The van der Waals surface area contributed by atoms with Crippen LogP contribution in [-0.4, -0.2) is 61.9 Å². The molecule has 1 fully saturated rings. The zero-order chi connectivity index (χ0) is 18.7. The van der Waals surface area contributed by atoms with Crippen LogP contribution in [0.2, 0.25) is 0 Å². The van der Waals surface area contributed by atoms with Gasteiger partial charge in [0.15, 0.2) is 0 Å². The maximum atomic E-state index is 13.0. The van der Waals surface area contributed by atoms with Crippen LogP contribution in [0.4, 0.5) is 10.1 Å². The van der Waals surface area contributed by atoms with Gasteiger partial charge in [0.2, 0.25) is 0 Å². The van der Waals surface area contributed by atoms with E-state index < -0.39 is 0 Å². The normalized spacial score (nSPS) is 14.3. The first-order valence-electron chi connectivity index (χ1n) is 8.57. The lowest BCUT2D eigenvalue weighted by Gasteiger charge is -2.35. The third-order valence-corrected chi connectivity index (χ3v) is 4.55. The summed E-state index contributed by atoms with van der Waals surface area (Å²) >= 11 is 0. The zero-order valence-corrected chi connectivity index (χ0v) is 15.0. The summed E-state index contributed by atoms with van der Waals surface area (Å²) in [6, 6.07) is 13.1. The second kappa shape index (κ2) is 7.56. The van der Waals surface area contributed by atoms with Gasteiger partial charge in [-0.2, -0.15) is 0 Å². The molecule has 1 heterocycles. The van der Waals surface area contributed by atoms with Crippen molar-refractivity contribution in [3.8, 4) is 0 Å². The molecule has 0 unspecified atom stereocenters. The number of rotatable bonds is 3. The number of hydrogen-bond acceptors (Lipinski definition) is 3. The van der Waals surface area contributed by atoms with Crippen molar-refractivity contribution in [2.24, 2.45) is 0 Å². The summed E-state index contributed by atoms with van der Waals surface area (Å²) in [4.78, 5) is 30.6. The summed E-state index contributed by atoms with van der Waals surface area (Å²) in [6.45, 7) is 1.90. The number of piperazine rings is 1. The van der Waals surface area contributed by atoms with E-state index in [-0.39, 0.29) is 17.6 Å². The van der Waals surface area contributed by atoms with E-state index in [1.54, 1.807) is 9.80 Å². The average Bonchev–Trinajstić information content (AvgIpc) is 2.67. The van der Waals surface area contributed by atoms with Crippen molar-refractivity contribution in [1.82, 2.24) is 9.80 Å². The number of carbonyl (C=O) groups is 2. The molecule has 0 spiro atoms. The van der Waals surface area contributed by atoms with E-state index in [0.29, 0.717) is 37.3 Å². The third-order valence-electron chi connectivity index (χ3n) is 4.55. The number of benzene rings is 2. The molecule has 5 nitrogen and oxygen atoms in total. The highest BCUT2D eigenvalue weighted by molar-refractivity contribution is 5.96. The fourth-order valence-corrected chi connectivity index (χ4v) is 2.99. The van der Waals surface area contributed by atoms with E-state index in [1.165, 1.54) is 24.3 Å². The molecule has 26 heavy (non-hydrogen) atoms. The summed E-state index contributed by atoms with van der Waals surface area (Å²) in [5.41, 5.74) is 2.08. The molecule has 2 aromatic carbocycles. The number of hydrogen-bond donors (Lipinski definition) is 0. The van der Waals surface area contributed by atoms with Crippen molar-refractivity contribution in [2.45, 2.75) is 0 Å². The highest BCUT2D eigenvalue weighted by atomic mass is 19.1. The summed E-state index contributed by atoms with van der Waals surface area (Å²) in [6.07, 6.45) is 0. The van der Waals surface area contributed by atoms with Gasteiger partial charge in [0.25, 0.3) is 11.8 Å². The zero-order valence-electron chi connectivity index (χ0n) is 15.0. The van der Waals surface area contributed by atoms with E-state index >= 15 is 0 Å². The SMILES string of the molecule is CN(C)c1cccc(C(=O)N2CCN(C(=O)c3ccc(F)cc3)CC2)c1. The Morgan fingerprint density at radius 3 is 1.92 bits per heavy atom. The topological polar surface area (TPSA) is 43.9 Å². The van der Waals surface area contributed by atoms with Crippen LogP contribution in [0.15, 0.2) is 48.5 Å². The van der Waals surface area contributed by atoms with Crippen molar-refractivity contribution in [1.29, 1.82) is 0 Å². The van der Waals surface area contributed by atoms with E-state index in [2.05, 4.69) is 0 Å². The molecule has 0 aromatic heterocycles. The molecule has 0 bridgehead atoms. The molecule has 0 atom stereocenters. The molecule has 0 N–H and O–H groups in total. The van der Waals surface area contributed by atoms with Crippen molar-refractivity contribution in [3.63, 3.8) is 0 Å². The van der Waals surface area contributed by atoms with Crippen molar-refractivity contribution >= 4 is 17.5 Å². The van der Waals surface area contributed by atoms with Gasteiger partial charge >= 0.3 is 0 Å². The lowest BCUT2D eigenvalue weighted by Crippen LogP contribution is -2.50. The maximum Gasteiger partial charge on any atom is 0.254 e. The van der Waals surface area contributed by atoms with E-state index in [4.69, 9.17) is 0 Å². The van der Waals surface area contributed by atoms with Crippen molar-refractivity contribution < 1.29 is 14.0 Å². The summed E-state index contributed by atoms with van der Waals surface area (Å²) < 4.78 is 13.0. The number of amides is 2. The molecule has 3 rings (SSSR count). The molecular formula is C20H22FN3O2. The molecule has 2 amide bonds. The second-order valence-corrected chi connectivity index (χ2v) is 6.54. The van der Waals surface area contributed by atoms with Gasteiger partial charge in [-0.1, -0.05) is 6.07 Å².